The third-order valence-electron chi connectivity index (χ3n) is 2.68. The predicted octanol–water partition coefficient (Wildman–Crippen LogP) is 3.52. The van der Waals surface area contributed by atoms with Gasteiger partial charge in [0, 0.05) is 28.0 Å². The van der Waals surface area contributed by atoms with Gasteiger partial charge in [0.15, 0.2) is 5.78 Å². The third kappa shape index (κ3) is 3.45. The summed E-state index contributed by atoms with van der Waals surface area (Å²) in [6.07, 6.45) is 1.96. The van der Waals surface area contributed by atoms with E-state index in [0.717, 1.165) is 9.79 Å². The maximum absolute atomic E-state index is 11.5. The van der Waals surface area contributed by atoms with Crippen molar-refractivity contribution in [3.05, 3.63) is 53.9 Å². The van der Waals surface area contributed by atoms with Crippen LogP contribution in [-0.4, -0.2) is 21.8 Å². The number of aromatic carboxylic acids is 1. The van der Waals surface area contributed by atoms with Crippen molar-refractivity contribution in [3.63, 3.8) is 0 Å². The molecule has 0 saturated carbocycles. The largest absolute Gasteiger partial charge is 0.477 e. The minimum atomic E-state index is -1.05. The molecular weight excluding hydrogens is 274 g/mol. The quantitative estimate of drug-likeness (QED) is 0.852. The lowest BCUT2D eigenvalue weighted by atomic mass is 10.1. The smallest absolute Gasteiger partial charge is 0.354 e. The Morgan fingerprint density at radius 3 is 2.45 bits per heavy atom. The van der Waals surface area contributed by atoms with E-state index < -0.39 is 5.97 Å². The Kier molecular flexibility index (Phi) is 4.53. The average molecular weight is 287 g/mol. The van der Waals surface area contributed by atoms with Crippen LogP contribution >= 0.6 is 11.8 Å². The highest BCUT2D eigenvalue weighted by Gasteiger charge is 2.07. The number of Topliss-reactive ketones (excluding diaryl/α,β-unsaturated/α-hetero) is 1. The zero-order valence-corrected chi connectivity index (χ0v) is 11.7. The van der Waals surface area contributed by atoms with Gasteiger partial charge in [-0.05, 0) is 24.3 Å². The number of carbonyl (C=O) groups excluding carboxylic acids is 1. The van der Waals surface area contributed by atoms with Crippen LogP contribution in [0.2, 0.25) is 0 Å². The van der Waals surface area contributed by atoms with Crippen molar-refractivity contribution >= 4 is 23.5 Å². The molecule has 0 spiro atoms. The first-order chi connectivity index (χ1) is 9.60. The summed E-state index contributed by atoms with van der Waals surface area (Å²) in [5, 5.41) is 8.89. The first-order valence-electron chi connectivity index (χ1n) is 6.10. The Morgan fingerprint density at radius 1 is 1.15 bits per heavy atom. The van der Waals surface area contributed by atoms with Gasteiger partial charge in [0.1, 0.15) is 5.69 Å². The number of benzene rings is 1. The molecule has 0 saturated heterocycles. The van der Waals surface area contributed by atoms with Crippen LogP contribution in [0.15, 0.2) is 52.4 Å². The zero-order valence-electron chi connectivity index (χ0n) is 10.9. The highest BCUT2D eigenvalue weighted by atomic mass is 32.2. The number of pyridine rings is 1. The number of aromatic nitrogens is 1. The van der Waals surface area contributed by atoms with Crippen molar-refractivity contribution in [2.45, 2.75) is 23.1 Å². The van der Waals surface area contributed by atoms with Gasteiger partial charge in [-0.25, -0.2) is 9.78 Å². The molecule has 0 aliphatic carbocycles. The van der Waals surface area contributed by atoms with E-state index in [2.05, 4.69) is 4.98 Å². The number of hydrogen-bond acceptors (Lipinski definition) is 4. The lowest BCUT2D eigenvalue weighted by molar-refractivity contribution is 0.0690. The summed E-state index contributed by atoms with van der Waals surface area (Å²) in [5.41, 5.74) is 0.714. The molecule has 20 heavy (non-hydrogen) atoms. The molecule has 1 aromatic carbocycles. The van der Waals surface area contributed by atoms with Gasteiger partial charge in [-0.15, -0.1) is 0 Å². The molecule has 1 heterocycles. The first kappa shape index (κ1) is 14.3. The molecule has 5 heteroatoms. The van der Waals surface area contributed by atoms with Crippen LogP contribution in [0, 0.1) is 0 Å². The van der Waals surface area contributed by atoms with Gasteiger partial charge in [-0.3, -0.25) is 4.79 Å². The molecule has 1 aromatic heterocycles. The Bertz CT molecular complexity index is 638. The molecule has 0 radical (unpaired) electrons. The van der Waals surface area contributed by atoms with E-state index in [1.165, 1.54) is 24.0 Å². The summed E-state index contributed by atoms with van der Waals surface area (Å²) in [6.45, 7) is 1.83. The van der Waals surface area contributed by atoms with E-state index in [1.54, 1.807) is 18.2 Å². The molecule has 0 unspecified atom stereocenters. The fraction of sp³-hybridized carbons (Fsp3) is 0.133. The van der Waals surface area contributed by atoms with Crippen LogP contribution in [0.1, 0.15) is 34.2 Å². The molecule has 2 rings (SSSR count). The Hall–Kier alpha value is -2.14. The van der Waals surface area contributed by atoms with Crippen LogP contribution in [0.25, 0.3) is 0 Å². The van der Waals surface area contributed by atoms with Crippen molar-refractivity contribution in [2.24, 2.45) is 0 Å². The monoisotopic (exact) mass is 287 g/mol. The minimum absolute atomic E-state index is 0.0211. The Labute approximate surface area is 120 Å². The van der Waals surface area contributed by atoms with Crippen molar-refractivity contribution < 1.29 is 14.7 Å². The van der Waals surface area contributed by atoms with Crippen molar-refractivity contribution in [3.8, 4) is 0 Å². The van der Waals surface area contributed by atoms with Crippen LogP contribution < -0.4 is 0 Å². The van der Waals surface area contributed by atoms with Crippen LogP contribution in [0.3, 0.4) is 0 Å². The van der Waals surface area contributed by atoms with Crippen LogP contribution in [0.4, 0.5) is 0 Å². The summed E-state index contributed by atoms with van der Waals surface area (Å²) >= 11 is 1.43. The second-order valence-electron chi connectivity index (χ2n) is 4.09. The number of carboxylic acids is 1. The summed E-state index contributed by atoms with van der Waals surface area (Å²) in [4.78, 5) is 27.9. The second kappa shape index (κ2) is 6.34. The Balaban J connectivity index is 2.16. The standard InChI is InChI=1S/C15H13NO3S/c1-2-14(17)10-3-5-11(6-4-10)20-12-7-8-16-13(9-12)15(18)19/h3-9H,2H2,1H3,(H,18,19). The molecule has 102 valence electrons. The van der Waals surface area contributed by atoms with Gasteiger partial charge in [-0.1, -0.05) is 30.8 Å². The molecule has 0 amide bonds. The van der Waals surface area contributed by atoms with E-state index in [9.17, 15) is 9.59 Å². The normalized spacial score (nSPS) is 10.2. The van der Waals surface area contributed by atoms with Gasteiger partial charge in [-0.2, -0.15) is 0 Å². The topological polar surface area (TPSA) is 67.3 Å². The van der Waals surface area contributed by atoms with E-state index in [-0.39, 0.29) is 11.5 Å². The van der Waals surface area contributed by atoms with Crippen molar-refractivity contribution in [2.75, 3.05) is 0 Å². The lowest BCUT2D eigenvalue weighted by Crippen LogP contribution is -1.99. The van der Waals surface area contributed by atoms with Crippen molar-refractivity contribution in [1.29, 1.82) is 0 Å². The van der Waals surface area contributed by atoms with Crippen LogP contribution in [0.5, 0.6) is 0 Å². The number of ketones is 1. The maximum atomic E-state index is 11.5. The van der Waals surface area contributed by atoms with E-state index in [4.69, 9.17) is 5.11 Å². The lowest BCUT2D eigenvalue weighted by Gasteiger charge is -2.04. The SMILES string of the molecule is CCC(=O)c1ccc(Sc2ccnc(C(=O)O)c2)cc1. The first-order valence-corrected chi connectivity index (χ1v) is 6.92. The van der Waals surface area contributed by atoms with Gasteiger partial charge >= 0.3 is 5.97 Å². The summed E-state index contributed by atoms with van der Waals surface area (Å²) < 4.78 is 0. The third-order valence-corrected chi connectivity index (χ3v) is 3.68. The van der Waals surface area contributed by atoms with Gasteiger partial charge in [0.2, 0.25) is 0 Å². The number of hydrogen-bond donors (Lipinski definition) is 1. The predicted molar refractivity (Wildman–Crippen MR) is 76.4 cm³/mol. The van der Waals surface area contributed by atoms with Crippen molar-refractivity contribution in [1.82, 2.24) is 4.98 Å². The second-order valence-corrected chi connectivity index (χ2v) is 5.23. The van der Waals surface area contributed by atoms with Crippen LogP contribution in [-0.2, 0) is 0 Å². The molecule has 0 aliphatic heterocycles. The molecule has 0 fully saturated rings. The number of rotatable bonds is 5. The average Bonchev–Trinajstić information content (AvgIpc) is 2.47. The molecule has 4 nitrogen and oxygen atoms in total. The number of carboxylic acid groups (broad SMARTS) is 1. The number of carbonyl (C=O) groups is 2. The summed E-state index contributed by atoms with van der Waals surface area (Å²) in [7, 11) is 0. The van der Waals surface area contributed by atoms with Gasteiger partial charge in [0.25, 0.3) is 0 Å². The fourth-order valence-electron chi connectivity index (χ4n) is 1.64. The van der Waals surface area contributed by atoms with Gasteiger partial charge < -0.3 is 5.11 Å². The zero-order chi connectivity index (χ0) is 14.5. The van der Waals surface area contributed by atoms with E-state index >= 15 is 0 Å². The molecule has 0 atom stereocenters. The highest BCUT2D eigenvalue weighted by Crippen LogP contribution is 2.28. The summed E-state index contributed by atoms with van der Waals surface area (Å²) in [5.74, 6) is -0.935. The molecule has 0 aliphatic rings. The minimum Gasteiger partial charge on any atom is -0.477 e. The van der Waals surface area contributed by atoms with E-state index in [1.807, 2.05) is 19.1 Å². The van der Waals surface area contributed by atoms with Gasteiger partial charge in [0.05, 0.1) is 0 Å². The number of nitrogens with zero attached hydrogens (tertiary/aromatic N) is 1. The highest BCUT2D eigenvalue weighted by molar-refractivity contribution is 7.99. The molecular formula is C15H13NO3S. The fourth-order valence-corrected chi connectivity index (χ4v) is 2.48. The Morgan fingerprint density at radius 2 is 1.85 bits per heavy atom. The molecule has 2 aromatic rings. The molecule has 0 bridgehead atoms. The summed E-state index contributed by atoms with van der Waals surface area (Å²) in [6, 6.07) is 10.6. The maximum Gasteiger partial charge on any atom is 0.354 e. The van der Waals surface area contributed by atoms with E-state index in [0.29, 0.717) is 12.0 Å². The molecule has 1 N–H and O–H groups in total.